The topological polar surface area (TPSA) is 35.2 Å². The molecule has 1 atom stereocenters. The first kappa shape index (κ1) is 11.9. The second-order valence-electron chi connectivity index (χ2n) is 5.90. The van der Waals surface area contributed by atoms with Crippen LogP contribution in [-0.4, -0.2) is 5.60 Å². The van der Waals surface area contributed by atoms with Crippen LogP contribution in [0.1, 0.15) is 29.2 Å². The predicted octanol–water partition coefficient (Wildman–Crippen LogP) is 3.15. The summed E-state index contributed by atoms with van der Waals surface area (Å²) in [5, 5.41) is 0. The maximum Gasteiger partial charge on any atom is 0.125 e. The largest absolute Gasteiger partial charge is 0.486 e. The minimum absolute atomic E-state index is 0.163. The highest BCUT2D eigenvalue weighted by atomic mass is 19.1. The molecule has 4 rings (SSSR count). The quantitative estimate of drug-likeness (QED) is 0.797. The maximum atomic E-state index is 13.3. The first-order valence-electron chi connectivity index (χ1n) is 6.96. The molecule has 2 aliphatic rings. The molecule has 102 valence electrons. The number of fused-ring (bicyclic) bond motifs is 2. The Bertz CT molecular complexity index is 657. The third-order valence-electron chi connectivity index (χ3n) is 4.43. The molecule has 0 saturated carbocycles. The lowest BCUT2D eigenvalue weighted by Crippen LogP contribution is -2.43. The van der Waals surface area contributed by atoms with Crippen LogP contribution in [0.25, 0.3) is 0 Å². The molecule has 20 heavy (non-hydrogen) atoms. The van der Waals surface area contributed by atoms with Crippen molar-refractivity contribution < 1.29 is 9.13 Å². The molecule has 0 unspecified atom stereocenters. The molecular weight excluding hydrogens is 253 g/mol. The number of nitrogens with two attached hydrogens (primary N) is 1. The first-order valence-corrected chi connectivity index (χ1v) is 6.96. The van der Waals surface area contributed by atoms with Crippen LogP contribution in [0, 0.1) is 5.82 Å². The fourth-order valence-corrected chi connectivity index (χ4v) is 3.56. The van der Waals surface area contributed by atoms with Crippen LogP contribution in [0.4, 0.5) is 4.39 Å². The van der Waals surface area contributed by atoms with Crippen LogP contribution in [0.5, 0.6) is 5.75 Å². The highest BCUT2D eigenvalue weighted by Crippen LogP contribution is 2.45. The van der Waals surface area contributed by atoms with Crippen LogP contribution >= 0.6 is 0 Å². The van der Waals surface area contributed by atoms with Gasteiger partial charge < -0.3 is 10.5 Å². The van der Waals surface area contributed by atoms with Crippen molar-refractivity contribution in [2.45, 2.75) is 30.9 Å². The lowest BCUT2D eigenvalue weighted by molar-refractivity contribution is 0.0457. The van der Waals surface area contributed by atoms with Crippen molar-refractivity contribution in [1.29, 1.82) is 0 Å². The number of hydrogen-bond acceptors (Lipinski definition) is 2. The summed E-state index contributed by atoms with van der Waals surface area (Å²) in [6.45, 7) is 0. The third-order valence-corrected chi connectivity index (χ3v) is 4.43. The first-order chi connectivity index (χ1) is 9.65. The van der Waals surface area contributed by atoms with E-state index in [2.05, 4.69) is 24.3 Å². The van der Waals surface area contributed by atoms with Crippen LogP contribution in [0.3, 0.4) is 0 Å². The van der Waals surface area contributed by atoms with Gasteiger partial charge in [-0.2, -0.15) is 0 Å². The number of benzene rings is 2. The molecule has 0 fully saturated rings. The van der Waals surface area contributed by atoms with Gasteiger partial charge in [-0.15, -0.1) is 0 Å². The average molecular weight is 269 g/mol. The normalized spacial score (nSPS) is 22.2. The summed E-state index contributed by atoms with van der Waals surface area (Å²) < 4.78 is 19.6. The van der Waals surface area contributed by atoms with Crippen molar-refractivity contribution in [3.8, 4) is 5.75 Å². The van der Waals surface area contributed by atoms with Crippen LogP contribution < -0.4 is 10.5 Å². The van der Waals surface area contributed by atoms with E-state index >= 15 is 0 Å². The fraction of sp³-hybridized carbons (Fsp3) is 0.294. The molecule has 0 radical (unpaired) electrons. The van der Waals surface area contributed by atoms with Gasteiger partial charge in [0, 0.05) is 30.9 Å². The maximum absolute atomic E-state index is 13.3. The Kier molecular flexibility index (Phi) is 2.42. The monoisotopic (exact) mass is 269 g/mol. The molecule has 1 aliphatic heterocycles. The molecule has 0 bridgehead atoms. The number of halogens is 1. The van der Waals surface area contributed by atoms with Gasteiger partial charge >= 0.3 is 0 Å². The van der Waals surface area contributed by atoms with Gasteiger partial charge in [-0.25, -0.2) is 4.39 Å². The van der Waals surface area contributed by atoms with Gasteiger partial charge in [0.2, 0.25) is 0 Å². The van der Waals surface area contributed by atoms with Crippen molar-refractivity contribution in [3.63, 3.8) is 0 Å². The van der Waals surface area contributed by atoms with Gasteiger partial charge in [0.05, 0.1) is 0 Å². The zero-order valence-corrected chi connectivity index (χ0v) is 11.1. The zero-order chi connectivity index (χ0) is 13.7. The summed E-state index contributed by atoms with van der Waals surface area (Å²) in [6, 6.07) is 12.9. The molecule has 0 aromatic heterocycles. The lowest BCUT2D eigenvalue weighted by atomic mass is 9.85. The molecule has 1 aliphatic carbocycles. The smallest absolute Gasteiger partial charge is 0.125 e. The third kappa shape index (κ3) is 1.74. The summed E-state index contributed by atoms with van der Waals surface area (Å²) in [7, 11) is 0. The van der Waals surface area contributed by atoms with Crippen LogP contribution in [0.15, 0.2) is 42.5 Å². The van der Waals surface area contributed by atoms with E-state index in [4.69, 9.17) is 10.5 Å². The van der Waals surface area contributed by atoms with E-state index in [9.17, 15) is 4.39 Å². The molecule has 2 aromatic carbocycles. The summed E-state index contributed by atoms with van der Waals surface area (Å²) in [4.78, 5) is 0. The van der Waals surface area contributed by atoms with Crippen LogP contribution in [0.2, 0.25) is 0 Å². The van der Waals surface area contributed by atoms with Crippen LogP contribution in [-0.2, 0) is 12.8 Å². The number of hydrogen-bond donors (Lipinski definition) is 1. The molecule has 0 saturated heterocycles. The van der Waals surface area contributed by atoms with E-state index in [-0.39, 0.29) is 17.5 Å². The summed E-state index contributed by atoms with van der Waals surface area (Å²) >= 11 is 0. The second-order valence-corrected chi connectivity index (χ2v) is 5.90. The van der Waals surface area contributed by atoms with E-state index in [1.54, 1.807) is 6.07 Å². The second kappa shape index (κ2) is 4.06. The number of ether oxygens (including phenoxy) is 1. The Balaban J connectivity index is 1.73. The molecule has 2 aromatic rings. The average Bonchev–Trinajstić information content (AvgIpc) is 2.77. The van der Waals surface area contributed by atoms with Crippen molar-refractivity contribution in [1.82, 2.24) is 0 Å². The van der Waals surface area contributed by atoms with Crippen molar-refractivity contribution in [2.24, 2.45) is 5.73 Å². The molecule has 1 heterocycles. The molecule has 3 heteroatoms. The zero-order valence-electron chi connectivity index (χ0n) is 11.1. The van der Waals surface area contributed by atoms with Gasteiger partial charge in [-0.1, -0.05) is 24.3 Å². The van der Waals surface area contributed by atoms with Crippen molar-refractivity contribution >= 4 is 0 Å². The van der Waals surface area contributed by atoms with Gasteiger partial charge in [-0.3, -0.25) is 0 Å². The lowest BCUT2D eigenvalue weighted by Gasteiger charge is -2.38. The Hall–Kier alpha value is -1.87. The minimum Gasteiger partial charge on any atom is -0.486 e. The van der Waals surface area contributed by atoms with Crippen molar-refractivity contribution in [2.75, 3.05) is 0 Å². The predicted molar refractivity (Wildman–Crippen MR) is 75.2 cm³/mol. The molecule has 0 amide bonds. The van der Waals surface area contributed by atoms with E-state index < -0.39 is 0 Å². The van der Waals surface area contributed by atoms with Gasteiger partial charge in [-0.05, 0) is 29.3 Å². The Morgan fingerprint density at radius 3 is 2.50 bits per heavy atom. The van der Waals surface area contributed by atoms with Gasteiger partial charge in [0.25, 0.3) is 0 Å². The highest BCUT2D eigenvalue weighted by Gasteiger charge is 2.44. The molecule has 2 nitrogen and oxygen atoms in total. The van der Waals surface area contributed by atoms with Crippen molar-refractivity contribution in [3.05, 3.63) is 65.0 Å². The minimum atomic E-state index is -0.256. The summed E-state index contributed by atoms with van der Waals surface area (Å²) in [5.74, 6) is 0.478. The standard InChI is InChI=1S/C17H16FNO/c18-13-5-6-16-14(7-13)15(19)10-17(20-16)8-11-3-1-2-4-12(11)9-17/h1-7,15H,8-10,19H2/t15-/m0/s1. The summed E-state index contributed by atoms with van der Waals surface area (Å²) in [5.41, 5.74) is 9.46. The Morgan fingerprint density at radius 1 is 1.10 bits per heavy atom. The summed E-state index contributed by atoms with van der Waals surface area (Å²) in [6.07, 6.45) is 2.50. The Morgan fingerprint density at radius 2 is 1.80 bits per heavy atom. The fourth-order valence-electron chi connectivity index (χ4n) is 3.56. The SMILES string of the molecule is N[C@H]1CC2(Cc3ccccc3C2)Oc2ccc(F)cc21. The number of rotatable bonds is 0. The van der Waals surface area contributed by atoms with E-state index in [1.165, 1.54) is 23.3 Å². The molecular formula is C17H16FNO. The van der Waals surface area contributed by atoms with Gasteiger partial charge in [0.15, 0.2) is 0 Å². The van der Waals surface area contributed by atoms with E-state index in [1.807, 2.05) is 0 Å². The van der Waals surface area contributed by atoms with E-state index in [0.717, 1.165) is 30.6 Å². The molecule has 1 spiro atoms. The van der Waals surface area contributed by atoms with Gasteiger partial charge in [0.1, 0.15) is 17.2 Å². The van der Waals surface area contributed by atoms with E-state index in [0.29, 0.717) is 0 Å². The molecule has 2 N–H and O–H groups in total. The Labute approximate surface area is 117 Å². The highest BCUT2D eigenvalue weighted by molar-refractivity contribution is 5.43.